The van der Waals surface area contributed by atoms with E-state index in [-0.39, 0.29) is 17.7 Å². The molecule has 5 nitrogen and oxygen atoms in total. The van der Waals surface area contributed by atoms with E-state index in [1.165, 1.54) is 5.56 Å². The van der Waals surface area contributed by atoms with Crippen molar-refractivity contribution in [3.05, 3.63) is 65.9 Å². The lowest BCUT2D eigenvalue weighted by Crippen LogP contribution is -2.30. The third-order valence-electron chi connectivity index (χ3n) is 4.93. The summed E-state index contributed by atoms with van der Waals surface area (Å²) in [5.74, 6) is 0.538. The van der Waals surface area contributed by atoms with Crippen molar-refractivity contribution in [3.8, 4) is 0 Å². The van der Waals surface area contributed by atoms with Gasteiger partial charge in [-0.1, -0.05) is 48.5 Å². The molecule has 0 aliphatic carbocycles. The van der Waals surface area contributed by atoms with Crippen molar-refractivity contribution in [2.75, 3.05) is 19.6 Å². The van der Waals surface area contributed by atoms with Crippen molar-refractivity contribution in [1.82, 2.24) is 15.1 Å². The first-order chi connectivity index (χ1) is 11.8. The first kappa shape index (κ1) is 14.9. The van der Waals surface area contributed by atoms with Gasteiger partial charge in [-0.15, -0.1) is 0 Å². The number of likely N-dealkylation sites (tertiary alicyclic amines) is 1. The standard InChI is InChI=1S/C19H20N4O/c20-10-14-11-23(12-16(14)13-6-2-1-3-7-13)19(24)18-15-8-4-5-9-17(15)21-22-18/h1-9,14,16H,10-12,20H2,(H,21,22)/t14-,16+/m1/s1. The molecular weight excluding hydrogens is 300 g/mol. The van der Waals surface area contributed by atoms with E-state index in [0.29, 0.717) is 25.3 Å². The Kier molecular flexibility index (Phi) is 3.78. The Morgan fingerprint density at radius 1 is 1.12 bits per heavy atom. The van der Waals surface area contributed by atoms with Crippen LogP contribution in [0.2, 0.25) is 0 Å². The number of nitrogens with zero attached hydrogens (tertiary/aromatic N) is 2. The summed E-state index contributed by atoms with van der Waals surface area (Å²) in [5.41, 5.74) is 8.60. The fourth-order valence-electron chi connectivity index (χ4n) is 3.63. The number of aromatic nitrogens is 2. The van der Waals surface area contributed by atoms with Gasteiger partial charge in [0.15, 0.2) is 5.69 Å². The molecule has 1 fully saturated rings. The van der Waals surface area contributed by atoms with Crippen LogP contribution in [0.1, 0.15) is 22.0 Å². The number of hydrogen-bond donors (Lipinski definition) is 2. The number of rotatable bonds is 3. The summed E-state index contributed by atoms with van der Waals surface area (Å²) < 4.78 is 0. The van der Waals surface area contributed by atoms with E-state index < -0.39 is 0 Å². The summed E-state index contributed by atoms with van der Waals surface area (Å²) in [6.07, 6.45) is 0. The molecule has 122 valence electrons. The average molecular weight is 320 g/mol. The van der Waals surface area contributed by atoms with Crippen LogP contribution in [0.3, 0.4) is 0 Å². The first-order valence-electron chi connectivity index (χ1n) is 8.25. The number of carbonyl (C=O) groups excluding carboxylic acids is 1. The maximum absolute atomic E-state index is 13.0. The van der Waals surface area contributed by atoms with Gasteiger partial charge < -0.3 is 10.6 Å². The Morgan fingerprint density at radius 3 is 2.67 bits per heavy atom. The Bertz CT molecular complexity index is 858. The number of nitrogens with one attached hydrogen (secondary N) is 1. The van der Waals surface area contributed by atoms with Gasteiger partial charge in [0, 0.05) is 24.4 Å². The Hall–Kier alpha value is -2.66. The van der Waals surface area contributed by atoms with Crippen LogP contribution in [0.15, 0.2) is 54.6 Å². The zero-order valence-corrected chi connectivity index (χ0v) is 13.4. The molecule has 0 spiro atoms. The number of hydrogen-bond acceptors (Lipinski definition) is 3. The van der Waals surface area contributed by atoms with E-state index >= 15 is 0 Å². The highest BCUT2D eigenvalue weighted by molar-refractivity contribution is 6.04. The van der Waals surface area contributed by atoms with Crippen molar-refractivity contribution in [1.29, 1.82) is 0 Å². The molecule has 24 heavy (non-hydrogen) atoms. The molecule has 3 N–H and O–H groups in total. The molecule has 0 bridgehead atoms. The number of H-pyrrole nitrogens is 1. The number of amides is 1. The molecule has 1 aliphatic rings. The number of para-hydroxylation sites is 1. The minimum absolute atomic E-state index is 0.0238. The second kappa shape index (κ2) is 6.09. The number of nitrogens with two attached hydrogens (primary N) is 1. The van der Waals surface area contributed by atoms with Crippen molar-refractivity contribution in [2.24, 2.45) is 11.7 Å². The normalized spacial score (nSPS) is 20.6. The van der Waals surface area contributed by atoms with E-state index in [4.69, 9.17) is 5.73 Å². The molecule has 5 heteroatoms. The van der Waals surface area contributed by atoms with Crippen LogP contribution >= 0.6 is 0 Å². The Morgan fingerprint density at radius 2 is 1.88 bits per heavy atom. The van der Waals surface area contributed by atoms with E-state index in [1.807, 2.05) is 47.4 Å². The summed E-state index contributed by atoms with van der Waals surface area (Å²) in [7, 11) is 0. The van der Waals surface area contributed by atoms with Gasteiger partial charge in [-0.25, -0.2) is 0 Å². The van der Waals surface area contributed by atoms with Crippen molar-refractivity contribution in [2.45, 2.75) is 5.92 Å². The van der Waals surface area contributed by atoms with Gasteiger partial charge >= 0.3 is 0 Å². The predicted molar refractivity (Wildman–Crippen MR) is 93.7 cm³/mol. The summed E-state index contributed by atoms with van der Waals surface area (Å²) in [4.78, 5) is 14.8. The Balaban J connectivity index is 1.62. The molecule has 0 saturated carbocycles. The summed E-state index contributed by atoms with van der Waals surface area (Å²) >= 11 is 0. The second-order valence-electron chi connectivity index (χ2n) is 6.34. The van der Waals surface area contributed by atoms with E-state index in [0.717, 1.165) is 10.9 Å². The third kappa shape index (κ3) is 2.47. The molecule has 2 atom stereocenters. The van der Waals surface area contributed by atoms with Crippen LogP contribution in [0, 0.1) is 5.92 Å². The van der Waals surface area contributed by atoms with Crippen molar-refractivity contribution in [3.63, 3.8) is 0 Å². The van der Waals surface area contributed by atoms with Gasteiger partial charge in [0.05, 0.1) is 5.52 Å². The van der Waals surface area contributed by atoms with Crippen LogP contribution < -0.4 is 5.73 Å². The number of fused-ring (bicyclic) bond motifs is 1. The first-order valence-corrected chi connectivity index (χ1v) is 8.25. The highest BCUT2D eigenvalue weighted by Crippen LogP contribution is 2.33. The number of carbonyl (C=O) groups is 1. The second-order valence-corrected chi connectivity index (χ2v) is 6.34. The molecule has 0 radical (unpaired) electrons. The highest BCUT2D eigenvalue weighted by atomic mass is 16.2. The van der Waals surface area contributed by atoms with Crippen LogP contribution in [-0.4, -0.2) is 40.6 Å². The topological polar surface area (TPSA) is 75.0 Å². The molecule has 2 aromatic carbocycles. The Labute approximate surface area is 140 Å². The molecule has 1 aliphatic heterocycles. The zero-order valence-electron chi connectivity index (χ0n) is 13.4. The van der Waals surface area contributed by atoms with E-state index in [2.05, 4.69) is 22.3 Å². The molecule has 1 amide bonds. The summed E-state index contributed by atoms with van der Waals surface area (Å²) in [5, 5.41) is 8.05. The molecule has 1 aromatic heterocycles. The maximum atomic E-state index is 13.0. The third-order valence-corrected chi connectivity index (χ3v) is 4.93. The van der Waals surface area contributed by atoms with Crippen molar-refractivity contribution < 1.29 is 4.79 Å². The smallest absolute Gasteiger partial charge is 0.275 e. The SMILES string of the molecule is NC[C@@H]1CN(C(=O)c2n[nH]c3ccccc23)C[C@H]1c1ccccc1. The fourth-order valence-corrected chi connectivity index (χ4v) is 3.63. The highest BCUT2D eigenvalue weighted by Gasteiger charge is 2.36. The molecular formula is C19H20N4O. The van der Waals surface area contributed by atoms with E-state index in [9.17, 15) is 4.79 Å². The van der Waals surface area contributed by atoms with Gasteiger partial charge in [-0.05, 0) is 24.1 Å². The van der Waals surface area contributed by atoms with Crippen molar-refractivity contribution >= 4 is 16.8 Å². The van der Waals surface area contributed by atoms with Gasteiger partial charge in [-0.2, -0.15) is 5.10 Å². The maximum Gasteiger partial charge on any atom is 0.275 e. The number of benzene rings is 2. The quantitative estimate of drug-likeness (QED) is 0.778. The minimum Gasteiger partial charge on any atom is -0.336 e. The van der Waals surface area contributed by atoms with Gasteiger partial charge in [0.2, 0.25) is 0 Å². The monoisotopic (exact) mass is 320 g/mol. The lowest BCUT2D eigenvalue weighted by molar-refractivity contribution is 0.0782. The molecule has 4 rings (SSSR count). The number of aromatic amines is 1. The fraction of sp³-hybridized carbons (Fsp3) is 0.263. The van der Waals surface area contributed by atoms with E-state index in [1.54, 1.807) is 0 Å². The molecule has 2 heterocycles. The largest absolute Gasteiger partial charge is 0.336 e. The molecule has 0 unspecified atom stereocenters. The van der Waals surface area contributed by atoms with Crippen LogP contribution in [0.5, 0.6) is 0 Å². The lowest BCUT2D eigenvalue weighted by atomic mass is 9.89. The van der Waals surface area contributed by atoms with Gasteiger partial charge in [0.1, 0.15) is 0 Å². The van der Waals surface area contributed by atoms with Crippen LogP contribution in [0.25, 0.3) is 10.9 Å². The van der Waals surface area contributed by atoms with Crippen LogP contribution in [0.4, 0.5) is 0 Å². The van der Waals surface area contributed by atoms with Gasteiger partial charge in [0.25, 0.3) is 5.91 Å². The summed E-state index contributed by atoms with van der Waals surface area (Å²) in [6, 6.07) is 18.0. The van der Waals surface area contributed by atoms with Crippen LogP contribution in [-0.2, 0) is 0 Å². The average Bonchev–Trinajstić information content (AvgIpc) is 3.26. The van der Waals surface area contributed by atoms with Gasteiger partial charge in [-0.3, -0.25) is 9.89 Å². The predicted octanol–water partition coefficient (Wildman–Crippen LogP) is 2.38. The lowest BCUT2D eigenvalue weighted by Gasteiger charge is -2.16. The zero-order chi connectivity index (χ0) is 16.5. The summed E-state index contributed by atoms with van der Waals surface area (Å²) in [6.45, 7) is 1.94. The molecule has 1 saturated heterocycles. The minimum atomic E-state index is -0.0238. The molecule has 3 aromatic rings.